The maximum Gasteiger partial charge on any atom is 0.175 e. The molecule has 1 rings (SSSR count). The average molecular weight is 213 g/mol. The minimum Gasteiger partial charge on any atom is -0.330 e. The molecule has 0 aliphatic heterocycles. The van der Waals surface area contributed by atoms with E-state index >= 15 is 0 Å². The summed E-state index contributed by atoms with van der Waals surface area (Å²) in [4.78, 5) is 0.352. The third-order valence-electron chi connectivity index (χ3n) is 2.23. The van der Waals surface area contributed by atoms with Gasteiger partial charge in [-0.25, -0.2) is 8.42 Å². The molecule has 0 fully saturated rings. The summed E-state index contributed by atoms with van der Waals surface area (Å²) >= 11 is 0. The minimum atomic E-state index is -3.08. The van der Waals surface area contributed by atoms with Crippen LogP contribution in [0.25, 0.3) is 0 Å². The van der Waals surface area contributed by atoms with Gasteiger partial charge >= 0.3 is 0 Å². The second-order valence-electron chi connectivity index (χ2n) is 3.48. The van der Waals surface area contributed by atoms with Gasteiger partial charge in [0, 0.05) is 6.26 Å². The molecule has 14 heavy (non-hydrogen) atoms. The molecule has 0 bridgehead atoms. The lowest BCUT2D eigenvalue weighted by Gasteiger charge is -2.08. The van der Waals surface area contributed by atoms with Crippen LogP contribution in [0.5, 0.6) is 0 Å². The molecule has 3 nitrogen and oxygen atoms in total. The van der Waals surface area contributed by atoms with Gasteiger partial charge in [-0.05, 0) is 30.2 Å². The lowest BCUT2D eigenvalue weighted by Crippen LogP contribution is -2.09. The molecule has 0 saturated heterocycles. The normalized spacial score (nSPS) is 13.9. The Morgan fingerprint density at radius 1 is 1.29 bits per heavy atom. The number of nitrogens with two attached hydrogens (primary N) is 1. The van der Waals surface area contributed by atoms with Crippen LogP contribution in [-0.2, 0) is 9.84 Å². The molecule has 0 saturated carbocycles. The summed E-state index contributed by atoms with van der Waals surface area (Å²) in [5.74, 6) is 0.267. The molecular formula is C10H15NO2S. The number of rotatable bonds is 3. The number of sulfone groups is 1. The Hall–Kier alpha value is -0.870. The molecule has 1 atom stereocenters. The molecule has 0 aliphatic rings. The fourth-order valence-electron chi connectivity index (χ4n) is 1.18. The highest BCUT2D eigenvalue weighted by Gasteiger charge is 2.08. The zero-order valence-electron chi connectivity index (χ0n) is 8.40. The Kier molecular flexibility index (Phi) is 3.29. The summed E-state index contributed by atoms with van der Waals surface area (Å²) in [5, 5.41) is 0. The van der Waals surface area contributed by atoms with E-state index in [1.54, 1.807) is 12.1 Å². The highest BCUT2D eigenvalue weighted by Crippen LogP contribution is 2.16. The van der Waals surface area contributed by atoms with E-state index in [2.05, 4.69) is 0 Å². The second-order valence-corrected chi connectivity index (χ2v) is 5.49. The first-order chi connectivity index (χ1) is 6.45. The topological polar surface area (TPSA) is 60.2 Å². The van der Waals surface area contributed by atoms with Crippen molar-refractivity contribution in [2.45, 2.75) is 17.7 Å². The molecule has 2 N–H and O–H groups in total. The van der Waals surface area contributed by atoms with E-state index in [9.17, 15) is 8.42 Å². The molecule has 1 aromatic carbocycles. The van der Waals surface area contributed by atoms with Crippen molar-refractivity contribution < 1.29 is 8.42 Å². The van der Waals surface area contributed by atoms with Gasteiger partial charge in [0.2, 0.25) is 0 Å². The molecule has 0 amide bonds. The van der Waals surface area contributed by atoms with Crippen LogP contribution in [0.3, 0.4) is 0 Å². The lowest BCUT2D eigenvalue weighted by molar-refractivity contribution is 0.602. The highest BCUT2D eigenvalue weighted by molar-refractivity contribution is 7.90. The SMILES string of the molecule is C[C@@H](CN)c1ccc(S(C)(=O)=O)cc1. The van der Waals surface area contributed by atoms with Crippen molar-refractivity contribution in [1.29, 1.82) is 0 Å². The summed E-state index contributed by atoms with van der Waals surface area (Å²) in [7, 11) is -3.08. The van der Waals surface area contributed by atoms with Crippen molar-refractivity contribution in [1.82, 2.24) is 0 Å². The Morgan fingerprint density at radius 2 is 1.79 bits per heavy atom. The van der Waals surface area contributed by atoms with Gasteiger partial charge in [-0.15, -0.1) is 0 Å². The van der Waals surface area contributed by atoms with Crippen LogP contribution in [0.1, 0.15) is 18.4 Å². The fraction of sp³-hybridized carbons (Fsp3) is 0.400. The lowest BCUT2D eigenvalue weighted by atomic mass is 10.0. The second kappa shape index (κ2) is 4.11. The van der Waals surface area contributed by atoms with E-state index in [0.29, 0.717) is 11.4 Å². The van der Waals surface area contributed by atoms with Crippen molar-refractivity contribution in [2.75, 3.05) is 12.8 Å². The van der Waals surface area contributed by atoms with Crippen LogP contribution in [0, 0.1) is 0 Å². The van der Waals surface area contributed by atoms with Gasteiger partial charge in [0.25, 0.3) is 0 Å². The molecule has 0 unspecified atom stereocenters. The third kappa shape index (κ3) is 2.56. The Balaban J connectivity index is 3.01. The third-order valence-corrected chi connectivity index (χ3v) is 3.36. The van der Waals surface area contributed by atoms with Crippen LogP contribution >= 0.6 is 0 Å². The van der Waals surface area contributed by atoms with Crippen molar-refractivity contribution in [3.05, 3.63) is 29.8 Å². The first-order valence-electron chi connectivity index (χ1n) is 4.45. The van der Waals surface area contributed by atoms with Crippen LogP contribution < -0.4 is 5.73 Å². The summed E-state index contributed by atoms with van der Waals surface area (Å²) in [6, 6.07) is 6.87. The van der Waals surface area contributed by atoms with Gasteiger partial charge in [-0.3, -0.25) is 0 Å². The quantitative estimate of drug-likeness (QED) is 0.819. The smallest absolute Gasteiger partial charge is 0.175 e. The largest absolute Gasteiger partial charge is 0.330 e. The van der Waals surface area contributed by atoms with Gasteiger partial charge in [0.05, 0.1) is 4.90 Å². The fourth-order valence-corrected chi connectivity index (χ4v) is 1.81. The van der Waals surface area contributed by atoms with E-state index in [1.165, 1.54) is 6.26 Å². The van der Waals surface area contributed by atoms with Crippen molar-refractivity contribution in [3.8, 4) is 0 Å². The average Bonchev–Trinajstić information content (AvgIpc) is 2.15. The van der Waals surface area contributed by atoms with Gasteiger partial charge in [0.1, 0.15) is 0 Å². The zero-order chi connectivity index (χ0) is 10.8. The zero-order valence-corrected chi connectivity index (χ0v) is 9.21. The van der Waals surface area contributed by atoms with Gasteiger partial charge in [-0.2, -0.15) is 0 Å². The molecule has 0 spiro atoms. The summed E-state index contributed by atoms with van der Waals surface area (Å²) < 4.78 is 22.3. The predicted octanol–water partition coefficient (Wildman–Crippen LogP) is 1.15. The van der Waals surface area contributed by atoms with Gasteiger partial charge in [0.15, 0.2) is 9.84 Å². The van der Waals surface area contributed by atoms with Gasteiger partial charge < -0.3 is 5.73 Å². The molecule has 0 aliphatic carbocycles. The maximum absolute atomic E-state index is 11.2. The van der Waals surface area contributed by atoms with Crippen LogP contribution in [0.2, 0.25) is 0 Å². The van der Waals surface area contributed by atoms with Crippen molar-refractivity contribution in [2.24, 2.45) is 5.73 Å². The Morgan fingerprint density at radius 3 is 2.14 bits per heavy atom. The van der Waals surface area contributed by atoms with E-state index < -0.39 is 9.84 Å². The van der Waals surface area contributed by atoms with Crippen LogP contribution in [0.15, 0.2) is 29.2 Å². The maximum atomic E-state index is 11.2. The van der Waals surface area contributed by atoms with Crippen LogP contribution in [-0.4, -0.2) is 21.2 Å². The minimum absolute atomic E-state index is 0.267. The monoisotopic (exact) mass is 213 g/mol. The Labute approximate surface area is 84.9 Å². The summed E-state index contributed by atoms with van der Waals surface area (Å²) in [6.07, 6.45) is 1.20. The molecular weight excluding hydrogens is 198 g/mol. The number of hydrogen-bond donors (Lipinski definition) is 1. The molecule has 4 heteroatoms. The van der Waals surface area contributed by atoms with E-state index in [4.69, 9.17) is 5.73 Å². The Bertz CT molecular complexity index is 395. The molecule has 78 valence electrons. The van der Waals surface area contributed by atoms with Crippen molar-refractivity contribution >= 4 is 9.84 Å². The predicted molar refractivity (Wildman–Crippen MR) is 57.0 cm³/mol. The molecule has 0 heterocycles. The van der Waals surface area contributed by atoms with Crippen molar-refractivity contribution in [3.63, 3.8) is 0 Å². The van der Waals surface area contributed by atoms with E-state index in [1.807, 2.05) is 19.1 Å². The highest BCUT2D eigenvalue weighted by atomic mass is 32.2. The summed E-state index contributed by atoms with van der Waals surface area (Å²) in [6.45, 7) is 2.58. The first-order valence-corrected chi connectivity index (χ1v) is 6.34. The molecule has 0 radical (unpaired) electrons. The van der Waals surface area contributed by atoms with Gasteiger partial charge in [-0.1, -0.05) is 19.1 Å². The van der Waals surface area contributed by atoms with E-state index in [-0.39, 0.29) is 5.92 Å². The van der Waals surface area contributed by atoms with E-state index in [0.717, 1.165) is 5.56 Å². The first kappa shape index (κ1) is 11.2. The molecule has 0 aromatic heterocycles. The molecule has 1 aromatic rings. The number of hydrogen-bond acceptors (Lipinski definition) is 3. The number of benzene rings is 1. The van der Waals surface area contributed by atoms with Crippen LogP contribution in [0.4, 0.5) is 0 Å². The summed E-state index contributed by atoms with van der Waals surface area (Å²) in [5.41, 5.74) is 6.58. The standard InChI is InChI=1S/C10H15NO2S/c1-8(7-11)9-3-5-10(6-4-9)14(2,12)13/h3-6,8H,7,11H2,1-2H3/t8-/m0/s1.